The minimum absolute atomic E-state index is 0.0574. The molecule has 4 amide bonds. The minimum atomic E-state index is -1.51. The standard InChI is InChI=1S/C25H45N5O14/c1-12-18(35)20(37)22(39)24(43-12)41-6-4-27-15(32)9-30(11-17(34)29-8-14(31)26-3)10-16(33)28-5-7-42-25-23(40)21(38)19(36)13(2)44-25/h12-13,18-25,35-40H,4-11H2,1-3H3,(H,26,31)(H,27,32)(H,28,33)(H,29,34)/t12-,13-,18+,19+,20+,21+,22-,23-,24+,25+/m0/s1. The number of aliphatic hydroxyl groups is 6. The zero-order valence-electron chi connectivity index (χ0n) is 24.8. The van der Waals surface area contributed by atoms with Gasteiger partial charge in [-0.05, 0) is 13.8 Å². The molecule has 10 N–H and O–H groups in total. The van der Waals surface area contributed by atoms with Gasteiger partial charge >= 0.3 is 0 Å². The molecule has 0 aromatic heterocycles. The van der Waals surface area contributed by atoms with Crippen LogP contribution in [0.25, 0.3) is 0 Å². The predicted octanol–water partition coefficient (Wildman–Crippen LogP) is -6.93. The number of likely N-dealkylation sites (N-methyl/N-ethyl adjacent to an activating group) is 1. The van der Waals surface area contributed by atoms with Crippen LogP contribution in [0.5, 0.6) is 0 Å². The van der Waals surface area contributed by atoms with E-state index < -0.39 is 105 Å². The first-order chi connectivity index (χ1) is 20.7. The Balaban J connectivity index is 1.81. The monoisotopic (exact) mass is 639 g/mol. The van der Waals surface area contributed by atoms with Crippen molar-refractivity contribution in [1.29, 1.82) is 0 Å². The number of ether oxygens (including phenoxy) is 4. The lowest BCUT2D eigenvalue weighted by Crippen LogP contribution is -2.57. The number of carbonyl (C=O) groups is 4. The molecule has 254 valence electrons. The third-order valence-corrected chi connectivity index (χ3v) is 6.86. The molecule has 0 unspecified atom stereocenters. The number of rotatable bonds is 16. The van der Waals surface area contributed by atoms with Gasteiger partial charge in [0.25, 0.3) is 0 Å². The first-order valence-corrected chi connectivity index (χ1v) is 14.1. The Labute approximate surface area is 253 Å². The Hall–Kier alpha value is -2.56. The molecule has 19 nitrogen and oxygen atoms in total. The van der Waals surface area contributed by atoms with Crippen molar-refractivity contribution in [3.05, 3.63) is 0 Å². The van der Waals surface area contributed by atoms with E-state index in [4.69, 9.17) is 18.9 Å². The van der Waals surface area contributed by atoms with Crippen molar-refractivity contribution in [1.82, 2.24) is 26.2 Å². The second kappa shape index (κ2) is 18.4. The minimum Gasteiger partial charge on any atom is -0.388 e. The zero-order chi connectivity index (χ0) is 33.0. The summed E-state index contributed by atoms with van der Waals surface area (Å²) in [5.41, 5.74) is 0. The summed E-state index contributed by atoms with van der Waals surface area (Å²) in [6, 6.07) is 0. The van der Waals surface area contributed by atoms with Gasteiger partial charge in [-0.3, -0.25) is 24.1 Å². The molecule has 2 heterocycles. The number of carbonyl (C=O) groups excluding carboxylic acids is 4. The molecule has 0 aliphatic carbocycles. The van der Waals surface area contributed by atoms with Crippen LogP contribution in [0.15, 0.2) is 0 Å². The van der Waals surface area contributed by atoms with Gasteiger partial charge in [0.2, 0.25) is 23.6 Å². The fraction of sp³-hybridized carbons (Fsp3) is 0.840. The van der Waals surface area contributed by atoms with Gasteiger partial charge in [-0.2, -0.15) is 0 Å². The van der Waals surface area contributed by atoms with Crippen LogP contribution in [-0.2, 0) is 38.1 Å². The molecule has 2 rings (SSSR count). The highest BCUT2D eigenvalue weighted by atomic mass is 16.7. The van der Waals surface area contributed by atoms with Crippen molar-refractivity contribution in [2.75, 3.05) is 59.5 Å². The maximum absolute atomic E-state index is 12.5. The topological polar surface area (TPSA) is 278 Å². The highest BCUT2D eigenvalue weighted by Crippen LogP contribution is 2.22. The van der Waals surface area contributed by atoms with E-state index in [1.165, 1.54) is 25.8 Å². The van der Waals surface area contributed by atoms with Crippen molar-refractivity contribution < 1.29 is 68.8 Å². The number of hydrogen-bond acceptors (Lipinski definition) is 15. The molecule has 2 aliphatic heterocycles. The molecule has 2 aliphatic rings. The SMILES string of the molecule is CNC(=O)CNC(=O)CN(CC(=O)NCCO[C@@H]1O[C@@H](C)[C@@H](O)[C@@H](O)[C@@H]1O)CC(=O)NCCO[C@@H]1O[C@@H](C)[C@@H](O)[C@@H](O)[C@@H]1O. The van der Waals surface area contributed by atoms with Gasteiger partial charge in [0.1, 0.15) is 36.6 Å². The van der Waals surface area contributed by atoms with Crippen molar-refractivity contribution in [3.63, 3.8) is 0 Å². The molecule has 2 fully saturated rings. The van der Waals surface area contributed by atoms with E-state index in [-0.39, 0.29) is 32.8 Å². The lowest BCUT2D eigenvalue weighted by Gasteiger charge is -2.38. The molecule has 0 saturated carbocycles. The second-order valence-electron chi connectivity index (χ2n) is 10.4. The first-order valence-electron chi connectivity index (χ1n) is 14.1. The second-order valence-corrected chi connectivity index (χ2v) is 10.4. The molecular formula is C25H45N5O14. The normalized spacial score (nSPS) is 32.1. The Bertz CT molecular complexity index is 891. The van der Waals surface area contributed by atoms with Crippen LogP contribution in [0.4, 0.5) is 0 Å². The van der Waals surface area contributed by atoms with E-state index in [1.54, 1.807) is 0 Å². The van der Waals surface area contributed by atoms with Gasteiger partial charge in [-0.1, -0.05) is 0 Å². The van der Waals surface area contributed by atoms with Crippen LogP contribution in [0.3, 0.4) is 0 Å². The van der Waals surface area contributed by atoms with E-state index >= 15 is 0 Å². The molecule has 0 bridgehead atoms. The van der Waals surface area contributed by atoms with Crippen LogP contribution in [0.1, 0.15) is 13.8 Å². The highest BCUT2D eigenvalue weighted by molar-refractivity contribution is 5.87. The summed E-state index contributed by atoms with van der Waals surface area (Å²) in [4.78, 5) is 50.1. The molecule has 0 radical (unpaired) electrons. The van der Waals surface area contributed by atoms with E-state index in [9.17, 15) is 49.8 Å². The summed E-state index contributed by atoms with van der Waals surface area (Å²) in [7, 11) is 1.39. The van der Waals surface area contributed by atoms with Gasteiger partial charge in [0.15, 0.2) is 12.6 Å². The first kappa shape index (κ1) is 37.6. The number of nitrogens with one attached hydrogen (secondary N) is 4. The average molecular weight is 640 g/mol. The van der Waals surface area contributed by atoms with Gasteiger partial charge in [0.05, 0.1) is 51.6 Å². The summed E-state index contributed by atoms with van der Waals surface area (Å²) in [5.74, 6) is -2.25. The predicted molar refractivity (Wildman–Crippen MR) is 146 cm³/mol. The fourth-order valence-corrected chi connectivity index (χ4v) is 4.25. The third-order valence-electron chi connectivity index (χ3n) is 6.86. The zero-order valence-corrected chi connectivity index (χ0v) is 24.8. The van der Waals surface area contributed by atoms with Crippen molar-refractivity contribution in [3.8, 4) is 0 Å². The maximum atomic E-state index is 12.5. The van der Waals surface area contributed by atoms with Crippen molar-refractivity contribution in [2.24, 2.45) is 0 Å². The third kappa shape index (κ3) is 11.7. The number of hydrogen-bond donors (Lipinski definition) is 10. The smallest absolute Gasteiger partial charge is 0.239 e. The summed E-state index contributed by atoms with van der Waals surface area (Å²) >= 11 is 0. The van der Waals surface area contributed by atoms with E-state index in [0.29, 0.717) is 0 Å². The molecular weight excluding hydrogens is 594 g/mol. The number of nitrogens with zero attached hydrogens (tertiary/aromatic N) is 1. The molecule has 10 atom stereocenters. The number of aliphatic hydroxyl groups excluding tert-OH is 6. The lowest BCUT2D eigenvalue weighted by molar-refractivity contribution is -0.292. The summed E-state index contributed by atoms with van der Waals surface area (Å²) < 4.78 is 21.3. The Morgan fingerprint density at radius 1 is 0.614 bits per heavy atom. The summed E-state index contributed by atoms with van der Waals surface area (Å²) in [6.07, 6.45) is -12.6. The Morgan fingerprint density at radius 2 is 1.00 bits per heavy atom. The summed E-state index contributed by atoms with van der Waals surface area (Å²) in [6.45, 7) is 1.08. The summed E-state index contributed by atoms with van der Waals surface area (Å²) in [5, 5.41) is 69.0. The van der Waals surface area contributed by atoms with E-state index in [1.807, 2.05) is 0 Å². The molecule has 44 heavy (non-hydrogen) atoms. The maximum Gasteiger partial charge on any atom is 0.239 e. The van der Waals surface area contributed by atoms with Crippen LogP contribution in [0, 0.1) is 0 Å². The van der Waals surface area contributed by atoms with E-state index in [2.05, 4.69) is 21.3 Å². The lowest BCUT2D eigenvalue weighted by atomic mass is 10.0. The quantitative estimate of drug-likeness (QED) is 0.0703. The van der Waals surface area contributed by atoms with Crippen LogP contribution in [0.2, 0.25) is 0 Å². The van der Waals surface area contributed by atoms with Crippen molar-refractivity contribution >= 4 is 23.6 Å². The average Bonchev–Trinajstić information content (AvgIpc) is 2.98. The van der Waals surface area contributed by atoms with Gasteiger partial charge < -0.3 is 70.9 Å². The molecule has 2 saturated heterocycles. The van der Waals surface area contributed by atoms with Crippen LogP contribution < -0.4 is 21.3 Å². The van der Waals surface area contributed by atoms with Gasteiger partial charge in [0, 0.05) is 20.1 Å². The Morgan fingerprint density at radius 3 is 1.39 bits per heavy atom. The number of amides is 4. The molecule has 0 aromatic rings. The molecule has 0 spiro atoms. The van der Waals surface area contributed by atoms with Gasteiger partial charge in [-0.25, -0.2) is 0 Å². The van der Waals surface area contributed by atoms with Crippen LogP contribution >= 0.6 is 0 Å². The highest BCUT2D eigenvalue weighted by Gasteiger charge is 2.43. The van der Waals surface area contributed by atoms with Crippen molar-refractivity contribution in [2.45, 2.75) is 75.3 Å². The molecule has 0 aromatic carbocycles. The Kier molecular flexibility index (Phi) is 15.8. The largest absolute Gasteiger partial charge is 0.388 e. The van der Waals surface area contributed by atoms with Gasteiger partial charge in [-0.15, -0.1) is 0 Å². The van der Waals surface area contributed by atoms with E-state index in [0.717, 1.165) is 0 Å². The van der Waals surface area contributed by atoms with Crippen LogP contribution in [-0.4, -0.2) is 180 Å². The fourth-order valence-electron chi connectivity index (χ4n) is 4.25. The molecule has 19 heteroatoms.